The van der Waals surface area contributed by atoms with Crippen molar-refractivity contribution in [3.8, 4) is 0 Å². The van der Waals surface area contributed by atoms with Gasteiger partial charge >= 0.3 is 24.1 Å². The van der Waals surface area contributed by atoms with Gasteiger partial charge in [-0.05, 0) is 157 Å². The highest BCUT2D eigenvalue weighted by molar-refractivity contribution is 5.79. The maximum atomic E-state index is 13.9. The molecule has 2 aromatic carbocycles. The van der Waals surface area contributed by atoms with Crippen LogP contribution in [0.1, 0.15) is 132 Å². The summed E-state index contributed by atoms with van der Waals surface area (Å²) in [5.41, 5.74) is -0.0316. The number of nitrogens with one attached hydrogen (secondary N) is 1. The molecule has 0 bridgehead atoms. The molecule has 0 spiro atoms. The summed E-state index contributed by atoms with van der Waals surface area (Å²) >= 11 is 0. The van der Waals surface area contributed by atoms with Crippen molar-refractivity contribution in [2.75, 3.05) is 26.2 Å². The van der Waals surface area contributed by atoms with Crippen molar-refractivity contribution in [1.29, 1.82) is 0 Å². The van der Waals surface area contributed by atoms with Gasteiger partial charge in [-0.15, -0.1) is 0 Å². The van der Waals surface area contributed by atoms with E-state index in [1.807, 2.05) is 109 Å². The molecule has 4 atom stereocenters. The van der Waals surface area contributed by atoms with E-state index in [0.717, 1.165) is 22.3 Å². The van der Waals surface area contributed by atoms with Crippen LogP contribution >= 0.6 is 0 Å². The number of carbonyl (C=O) groups is 4. The monoisotopic (exact) mass is 820 g/mol. The second-order valence-electron chi connectivity index (χ2n) is 21.3. The molecule has 2 aromatic rings. The van der Waals surface area contributed by atoms with E-state index in [1.54, 1.807) is 9.80 Å². The van der Waals surface area contributed by atoms with E-state index in [-0.39, 0.29) is 36.0 Å². The summed E-state index contributed by atoms with van der Waals surface area (Å²) in [6, 6.07) is 16.6. The normalized spacial score (nSPS) is 19.8. The summed E-state index contributed by atoms with van der Waals surface area (Å²) in [7, 11) is 0. The third kappa shape index (κ3) is 14.0. The Kier molecular flexibility index (Phi) is 14.7. The number of likely N-dealkylation sites (tertiary alicyclic amines) is 2. The zero-order valence-electron chi connectivity index (χ0n) is 38.5. The first kappa shape index (κ1) is 47.6. The summed E-state index contributed by atoms with van der Waals surface area (Å²) in [6.45, 7) is 29.5. The van der Waals surface area contributed by atoms with Crippen molar-refractivity contribution in [2.45, 2.75) is 158 Å². The van der Waals surface area contributed by atoms with E-state index in [9.17, 15) is 19.2 Å². The van der Waals surface area contributed by atoms with Crippen molar-refractivity contribution >= 4 is 24.1 Å². The number of rotatable bonds is 12. The molecule has 2 saturated heterocycles. The largest absolute Gasteiger partial charge is 0.460 e. The molecule has 1 N–H and O–H groups in total. The minimum Gasteiger partial charge on any atom is -0.460 e. The van der Waals surface area contributed by atoms with Gasteiger partial charge < -0.3 is 34.1 Å². The number of nitrogens with zero attached hydrogens (tertiary/aromatic N) is 2. The molecule has 0 saturated carbocycles. The fraction of sp³-hybridized carbons (Fsp3) is 0.667. The zero-order valence-corrected chi connectivity index (χ0v) is 38.5. The van der Waals surface area contributed by atoms with Crippen molar-refractivity contribution < 1.29 is 38.1 Å². The van der Waals surface area contributed by atoms with Crippen LogP contribution in [0, 0.1) is 22.7 Å². The van der Waals surface area contributed by atoms with E-state index in [2.05, 4.69) is 41.7 Å². The van der Waals surface area contributed by atoms with Gasteiger partial charge in [0.15, 0.2) is 0 Å². The molecule has 2 fully saturated rings. The summed E-state index contributed by atoms with van der Waals surface area (Å²) in [4.78, 5) is 57.2. The zero-order chi connectivity index (χ0) is 44.2. The van der Waals surface area contributed by atoms with Crippen LogP contribution in [0.15, 0.2) is 48.5 Å². The number of benzene rings is 2. The highest BCUT2D eigenvalue weighted by Crippen LogP contribution is 2.42. The van der Waals surface area contributed by atoms with Crippen molar-refractivity contribution in [1.82, 2.24) is 15.1 Å². The molecule has 4 rings (SSSR count). The minimum absolute atomic E-state index is 0.103. The molecule has 11 heteroatoms. The molecule has 2 amide bonds. The Balaban J connectivity index is 1.45. The fourth-order valence-electron chi connectivity index (χ4n) is 8.00. The fourth-order valence-corrected chi connectivity index (χ4v) is 8.00. The molecule has 2 aliphatic rings. The lowest BCUT2D eigenvalue weighted by atomic mass is 9.72. The molecule has 2 unspecified atom stereocenters. The molecule has 59 heavy (non-hydrogen) atoms. The van der Waals surface area contributed by atoms with Gasteiger partial charge in [0.1, 0.15) is 22.4 Å². The highest BCUT2D eigenvalue weighted by atomic mass is 16.6. The second-order valence-corrected chi connectivity index (χ2v) is 21.3. The van der Waals surface area contributed by atoms with Crippen LogP contribution in [0.2, 0.25) is 0 Å². The Bertz CT molecular complexity index is 1670. The second kappa shape index (κ2) is 18.2. The number of hydrogen-bond donors (Lipinski definition) is 1. The lowest BCUT2D eigenvalue weighted by molar-refractivity contribution is -0.171. The van der Waals surface area contributed by atoms with Crippen LogP contribution in [-0.4, -0.2) is 82.5 Å². The van der Waals surface area contributed by atoms with Gasteiger partial charge in [0.25, 0.3) is 0 Å². The minimum atomic E-state index is -0.864. The lowest BCUT2D eigenvalue weighted by Crippen LogP contribution is -2.44. The molecular weight excluding hydrogens is 747 g/mol. The molecule has 0 aromatic heterocycles. The number of ether oxygens (including phenoxy) is 4. The molecule has 11 nitrogen and oxygen atoms in total. The Labute approximate surface area is 354 Å². The van der Waals surface area contributed by atoms with Gasteiger partial charge in [-0.2, -0.15) is 0 Å². The average Bonchev–Trinajstić information content (AvgIpc) is 3.78. The van der Waals surface area contributed by atoms with Crippen molar-refractivity contribution in [3.05, 3.63) is 70.8 Å². The van der Waals surface area contributed by atoms with Crippen molar-refractivity contribution in [2.24, 2.45) is 22.7 Å². The molecular formula is C48H73N3O8. The van der Waals surface area contributed by atoms with E-state index >= 15 is 0 Å². The maximum absolute atomic E-state index is 13.9. The van der Waals surface area contributed by atoms with Crippen LogP contribution in [0.25, 0.3) is 0 Å². The third-order valence-corrected chi connectivity index (χ3v) is 11.0. The van der Waals surface area contributed by atoms with Gasteiger partial charge in [0.2, 0.25) is 0 Å². The quantitative estimate of drug-likeness (QED) is 0.165. The number of carbonyl (C=O) groups excluding carboxylic acids is 4. The van der Waals surface area contributed by atoms with Crippen LogP contribution in [0.5, 0.6) is 0 Å². The number of esters is 2. The maximum Gasteiger partial charge on any atom is 0.410 e. The van der Waals surface area contributed by atoms with Gasteiger partial charge in [0, 0.05) is 39.3 Å². The molecule has 2 heterocycles. The predicted molar refractivity (Wildman–Crippen MR) is 231 cm³/mol. The summed E-state index contributed by atoms with van der Waals surface area (Å²) in [5, 5.41) is 3.59. The first-order valence-electron chi connectivity index (χ1n) is 21.3. The van der Waals surface area contributed by atoms with Gasteiger partial charge in [-0.1, -0.05) is 48.5 Å². The van der Waals surface area contributed by atoms with Gasteiger partial charge in [0.05, 0.1) is 10.8 Å². The van der Waals surface area contributed by atoms with E-state index in [0.29, 0.717) is 65.0 Å². The summed E-state index contributed by atoms with van der Waals surface area (Å²) in [6.07, 6.45) is 1.58. The van der Waals surface area contributed by atoms with Crippen LogP contribution in [-0.2, 0) is 54.5 Å². The standard InChI is InChI=1S/C48H73N3O8/c1-43(2,3)56-39(52)47(13,37-21-23-50(31-37)41(54)58-45(7,8)9)27-33-17-15-19-35(25-33)29-49-30-36-20-16-18-34(26-36)28-48(14,40(53)57-44(4,5)6)38-22-24-51(32-38)42(55)59-46(10,11)12/h15-20,25-26,37-38,49H,21-24,27-32H2,1-14H3/t37-,38-,47?,48?/m0/s1. The number of hydrogen-bond acceptors (Lipinski definition) is 9. The Hall–Kier alpha value is -4.12. The Morgan fingerprint density at radius 2 is 0.847 bits per heavy atom. The topological polar surface area (TPSA) is 124 Å². The molecule has 0 aliphatic carbocycles. The van der Waals surface area contributed by atoms with Gasteiger partial charge in [-0.3, -0.25) is 9.59 Å². The molecule has 0 radical (unpaired) electrons. The van der Waals surface area contributed by atoms with Gasteiger partial charge in [-0.25, -0.2) is 9.59 Å². The summed E-state index contributed by atoms with van der Waals surface area (Å²) < 4.78 is 23.3. The summed E-state index contributed by atoms with van der Waals surface area (Å²) in [5.74, 6) is -0.733. The average molecular weight is 820 g/mol. The number of amides is 2. The Morgan fingerprint density at radius 3 is 1.17 bits per heavy atom. The molecule has 328 valence electrons. The first-order valence-corrected chi connectivity index (χ1v) is 21.3. The third-order valence-electron chi connectivity index (χ3n) is 11.0. The SMILES string of the molecule is CC(C)(C)OC(=O)N1CC[C@H](C(C)(Cc2cccc(CNCc3cccc(CC(C)(C(=O)OC(C)(C)C)[C@H]4CCN(C(=O)OC(C)(C)C)C4)c3)c2)C(=O)OC(C)(C)C)C1. The van der Waals surface area contributed by atoms with E-state index in [4.69, 9.17) is 18.9 Å². The first-order chi connectivity index (χ1) is 27.1. The predicted octanol–water partition coefficient (Wildman–Crippen LogP) is 9.27. The lowest BCUT2D eigenvalue weighted by Gasteiger charge is -2.36. The van der Waals surface area contributed by atoms with Crippen LogP contribution in [0.4, 0.5) is 9.59 Å². The van der Waals surface area contributed by atoms with E-state index < -0.39 is 33.2 Å². The van der Waals surface area contributed by atoms with Crippen molar-refractivity contribution in [3.63, 3.8) is 0 Å². The van der Waals surface area contributed by atoms with E-state index in [1.165, 1.54) is 0 Å². The Morgan fingerprint density at radius 1 is 0.525 bits per heavy atom. The van der Waals surface area contributed by atoms with Crippen LogP contribution in [0.3, 0.4) is 0 Å². The molecule has 2 aliphatic heterocycles. The highest BCUT2D eigenvalue weighted by Gasteiger charge is 2.49. The smallest absolute Gasteiger partial charge is 0.410 e. The van der Waals surface area contributed by atoms with Crippen LogP contribution < -0.4 is 5.32 Å².